The van der Waals surface area contributed by atoms with Crippen molar-refractivity contribution in [2.75, 3.05) is 39.8 Å². The predicted molar refractivity (Wildman–Crippen MR) is 82.7 cm³/mol. The molecule has 1 atom stereocenters. The number of piperidine rings is 1. The molecule has 0 spiro atoms. The summed E-state index contributed by atoms with van der Waals surface area (Å²) in [6, 6.07) is 8.01. The number of hydrogen-bond donors (Lipinski definition) is 1. The third-order valence-corrected chi connectivity index (χ3v) is 4.00. The zero-order chi connectivity index (χ0) is 13.5. The molecule has 0 aromatic heterocycles. The zero-order valence-electron chi connectivity index (χ0n) is 11.6. The number of likely N-dealkylation sites (N-methyl/N-ethyl adjacent to an activating group) is 1. The van der Waals surface area contributed by atoms with Gasteiger partial charge in [0.15, 0.2) is 0 Å². The summed E-state index contributed by atoms with van der Waals surface area (Å²) in [6.07, 6.45) is 2.66. The molecular weight excluding hydrogens is 304 g/mol. The van der Waals surface area contributed by atoms with Crippen LogP contribution in [0.5, 0.6) is 5.75 Å². The van der Waals surface area contributed by atoms with E-state index in [9.17, 15) is 0 Å². The Balaban J connectivity index is 1.64. The van der Waals surface area contributed by atoms with Crippen molar-refractivity contribution < 1.29 is 4.74 Å². The highest BCUT2D eigenvalue weighted by Crippen LogP contribution is 2.17. The Kier molecular flexibility index (Phi) is 6.14. The Morgan fingerprint density at radius 1 is 1.47 bits per heavy atom. The third-order valence-electron chi connectivity index (χ3n) is 3.51. The van der Waals surface area contributed by atoms with Crippen molar-refractivity contribution in [3.63, 3.8) is 0 Å². The van der Waals surface area contributed by atoms with Crippen LogP contribution in [0.25, 0.3) is 0 Å². The molecule has 1 unspecified atom stereocenters. The summed E-state index contributed by atoms with van der Waals surface area (Å²) in [5.41, 5.74) is 0. The second-order valence-electron chi connectivity index (χ2n) is 5.28. The normalized spacial score (nSPS) is 19.6. The molecule has 0 amide bonds. The summed E-state index contributed by atoms with van der Waals surface area (Å²) in [4.78, 5) is 2.37. The lowest BCUT2D eigenvalue weighted by Gasteiger charge is -2.27. The van der Waals surface area contributed by atoms with Gasteiger partial charge in [0.1, 0.15) is 12.4 Å². The number of rotatable bonds is 6. The Morgan fingerprint density at radius 3 is 3.11 bits per heavy atom. The number of halogens is 1. The van der Waals surface area contributed by atoms with Crippen LogP contribution in [0.2, 0.25) is 0 Å². The van der Waals surface area contributed by atoms with Crippen molar-refractivity contribution in [3.05, 3.63) is 28.7 Å². The summed E-state index contributed by atoms with van der Waals surface area (Å²) >= 11 is 3.45. The van der Waals surface area contributed by atoms with Gasteiger partial charge in [0, 0.05) is 17.6 Å². The van der Waals surface area contributed by atoms with Gasteiger partial charge in [0.2, 0.25) is 0 Å². The summed E-state index contributed by atoms with van der Waals surface area (Å²) in [5.74, 6) is 1.73. The monoisotopic (exact) mass is 326 g/mol. The van der Waals surface area contributed by atoms with Crippen LogP contribution in [-0.2, 0) is 0 Å². The van der Waals surface area contributed by atoms with Gasteiger partial charge in [-0.15, -0.1) is 0 Å². The average molecular weight is 327 g/mol. The van der Waals surface area contributed by atoms with E-state index in [1.807, 2.05) is 24.3 Å². The second-order valence-corrected chi connectivity index (χ2v) is 6.20. The zero-order valence-corrected chi connectivity index (χ0v) is 13.2. The average Bonchev–Trinajstić information content (AvgIpc) is 2.40. The van der Waals surface area contributed by atoms with Crippen molar-refractivity contribution in [1.82, 2.24) is 10.2 Å². The van der Waals surface area contributed by atoms with E-state index in [1.54, 1.807) is 0 Å². The van der Waals surface area contributed by atoms with Gasteiger partial charge in [-0.2, -0.15) is 0 Å². The highest BCUT2D eigenvalue weighted by molar-refractivity contribution is 9.10. The fourth-order valence-electron chi connectivity index (χ4n) is 2.49. The van der Waals surface area contributed by atoms with E-state index in [2.05, 4.69) is 33.2 Å². The topological polar surface area (TPSA) is 24.5 Å². The van der Waals surface area contributed by atoms with Gasteiger partial charge in [-0.3, -0.25) is 0 Å². The second kappa shape index (κ2) is 7.88. The van der Waals surface area contributed by atoms with Gasteiger partial charge in [-0.1, -0.05) is 22.0 Å². The maximum atomic E-state index is 5.76. The molecule has 106 valence electrons. The number of ether oxygens (including phenoxy) is 1. The highest BCUT2D eigenvalue weighted by Gasteiger charge is 2.14. The number of nitrogens with one attached hydrogen (secondary N) is 1. The standard InChI is InChI=1S/C15H23BrN2O/c1-18(12-13-4-3-7-17-11-13)8-9-19-15-6-2-5-14(16)10-15/h2,5-6,10,13,17H,3-4,7-9,11-12H2,1H3. The van der Waals surface area contributed by atoms with E-state index in [4.69, 9.17) is 4.74 Å². The molecule has 19 heavy (non-hydrogen) atoms. The van der Waals surface area contributed by atoms with E-state index in [-0.39, 0.29) is 0 Å². The lowest BCUT2D eigenvalue weighted by molar-refractivity contribution is 0.201. The Hall–Kier alpha value is -0.580. The molecular formula is C15H23BrN2O. The SMILES string of the molecule is CN(CCOc1cccc(Br)c1)CC1CCCNC1. The van der Waals surface area contributed by atoms with Crippen LogP contribution in [0.15, 0.2) is 28.7 Å². The minimum absolute atomic E-state index is 0.743. The number of nitrogens with zero attached hydrogens (tertiary/aromatic N) is 1. The van der Waals surface area contributed by atoms with Crippen molar-refractivity contribution in [2.24, 2.45) is 5.92 Å². The lowest BCUT2D eigenvalue weighted by atomic mass is 9.99. The summed E-state index contributed by atoms with van der Waals surface area (Å²) < 4.78 is 6.82. The van der Waals surface area contributed by atoms with Crippen LogP contribution in [-0.4, -0.2) is 44.7 Å². The molecule has 1 saturated heterocycles. The van der Waals surface area contributed by atoms with Crippen molar-refractivity contribution in [2.45, 2.75) is 12.8 Å². The first-order valence-electron chi connectivity index (χ1n) is 7.01. The molecule has 1 aromatic carbocycles. The fraction of sp³-hybridized carbons (Fsp3) is 0.600. The molecule has 0 saturated carbocycles. The summed E-state index contributed by atoms with van der Waals surface area (Å²) in [6.45, 7) is 5.23. The van der Waals surface area contributed by atoms with Crippen LogP contribution < -0.4 is 10.1 Å². The van der Waals surface area contributed by atoms with Gasteiger partial charge in [-0.05, 0) is 57.1 Å². The van der Waals surface area contributed by atoms with Gasteiger partial charge in [0.25, 0.3) is 0 Å². The van der Waals surface area contributed by atoms with Crippen LogP contribution in [0, 0.1) is 5.92 Å². The van der Waals surface area contributed by atoms with Crippen LogP contribution in [0.4, 0.5) is 0 Å². The maximum Gasteiger partial charge on any atom is 0.120 e. The van der Waals surface area contributed by atoms with Gasteiger partial charge in [-0.25, -0.2) is 0 Å². The van der Waals surface area contributed by atoms with E-state index < -0.39 is 0 Å². The minimum Gasteiger partial charge on any atom is -0.492 e. The fourth-order valence-corrected chi connectivity index (χ4v) is 2.87. The Bertz CT molecular complexity index is 380. The predicted octanol–water partition coefficient (Wildman–Crippen LogP) is 2.76. The molecule has 1 aromatic rings. The smallest absolute Gasteiger partial charge is 0.120 e. The van der Waals surface area contributed by atoms with E-state index in [0.717, 1.165) is 42.4 Å². The molecule has 1 fully saturated rings. The number of hydrogen-bond acceptors (Lipinski definition) is 3. The van der Waals surface area contributed by atoms with Crippen molar-refractivity contribution in [1.29, 1.82) is 0 Å². The summed E-state index contributed by atoms with van der Waals surface area (Å²) in [7, 11) is 2.18. The Labute approximate surface area is 124 Å². The molecule has 1 N–H and O–H groups in total. The van der Waals surface area contributed by atoms with Gasteiger partial charge < -0.3 is 15.0 Å². The Morgan fingerprint density at radius 2 is 2.37 bits per heavy atom. The third kappa shape index (κ3) is 5.51. The van der Waals surface area contributed by atoms with E-state index in [0.29, 0.717) is 0 Å². The highest BCUT2D eigenvalue weighted by atomic mass is 79.9. The first-order valence-corrected chi connectivity index (χ1v) is 7.81. The quantitative estimate of drug-likeness (QED) is 0.870. The van der Waals surface area contributed by atoms with E-state index in [1.165, 1.54) is 19.4 Å². The molecule has 3 nitrogen and oxygen atoms in total. The maximum absolute atomic E-state index is 5.76. The molecule has 2 rings (SSSR count). The van der Waals surface area contributed by atoms with Crippen molar-refractivity contribution in [3.8, 4) is 5.75 Å². The lowest BCUT2D eigenvalue weighted by Crippen LogP contribution is -2.38. The van der Waals surface area contributed by atoms with Crippen molar-refractivity contribution >= 4 is 15.9 Å². The van der Waals surface area contributed by atoms with Crippen LogP contribution >= 0.6 is 15.9 Å². The molecule has 1 aliphatic heterocycles. The molecule has 1 aliphatic rings. The van der Waals surface area contributed by atoms with Crippen LogP contribution in [0.1, 0.15) is 12.8 Å². The minimum atomic E-state index is 0.743. The number of benzene rings is 1. The molecule has 0 bridgehead atoms. The molecule has 4 heteroatoms. The molecule has 0 aliphatic carbocycles. The first kappa shape index (κ1) is 14.8. The van der Waals surface area contributed by atoms with Gasteiger partial charge >= 0.3 is 0 Å². The van der Waals surface area contributed by atoms with Gasteiger partial charge in [0.05, 0.1) is 0 Å². The first-order chi connectivity index (χ1) is 9.24. The summed E-state index contributed by atoms with van der Waals surface area (Å²) in [5, 5.41) is 3.47. The molecule has 1 heterocycles. The molecule has 0 radical (unpaired) electrons. The van der Waals surface area contributed by atoms with E-state index >= 15 is 0 Å². The van der Waals surface area contributed by atoms with Crippen LogP contribution in [0.3, 0.4) is 0 Å². The largest absolute Gasteiger partial charge is 0.492 e.